The summed E-state index contributed by atoms with van der Waals surface area (Å²) in [6.07, 6.45) is 8.51. The molecule has 0 bridgehead atoms. The Hall–Kier alpha value is -1.69. The maximum atomic E-state index is 12.4. The molecule has 1 unspecified atom stereocenters. The average Bonchev–Trinajstić information content (AvgIpc) is 3.18. The number of aromatic nitrogens is 2. The lowest BCUT2D eigenvalue weighted by Crippen LogP contribution is -2.37. The maximum Gasteiger partial charge on any atom is 0.222 e. The van der Waals surface area contributed by atoms with Gasteiger partial charge in [0.15, 0.2) is 0 Å². The van der Waals surface area contributed by atoms with E-state index in [2.05, 4.69) is 21.9 Å². The van der Waals surface area contributed by atoms with E-state index in [4.69, 9.17) is 5.73 Å². The number of anilines is 1. The molecule has 126 valence electrons. The molecule has 0 spiro atoms. The van der Waals surface area contributed by atoms with Crippen molar-refractivity contribution in [1.82, 2.24) is 19.8 Å². The third-order valence-electron chi connectivity index (χ3n) is 5.20. The zero-order valence-corrected chi connectivity index (χ0v) is 13.9. The lowest BCUT2D eigenvalue weighted by Gasteiger charge is -2.24. The van der Waals surface area contributed by atoms with Crippen LogP contribution in [0.1, 0.15) is 44.3 Å². The summed E-state index contributed by atoms with van der Waals surface area (Å²) in [6.45, 7) is 2.36. The first kappa shape index (κ1) is 16.2. The molecule has 1 amide bonds. The van der Waals surface area contributed by atoms with Gasteiger partial charge in [0, 0.05) is 31.7 Å². The Bertz CT molecular complexity index is 544. The molecule has 1 saturated carbocycles. The van der Waals surface area contributed by atoms with E-state index < -0.39 is 0 Å². The van der Waals surface area contributed by atoms with E-state index in [0.717, 1.165) is 31.8 Å². The molecule has 6 nitrogen and oxygen atoms in total. The van der Waals surface area contributed by atoms with Crippen LogP contribution in [0.15, 0.2) is 12.3 Å². The molecule has 23 heavy (non-hydrogen) atoms. The van der Waals surface area contributed by atoms with E-state index in [1.54, 1.807) is 12.3 Å². The molecule has 0 radical (unpaired) electrons. The molecule has 1 aromatic heterocycles. The summed E-state index contributed by atoms with van der Waals surface area (Å²) in [6, 6.07) is 2.08. The van der Waals surface area contributed by atoms with Crippen LogP contribution in [0.3, 0.4) is 0 Å². The van der Waals surface area contributed by atoms with Gasteiger partial charge in [-0.15, -0.1) is 0 Å². The summed E-state index contributed by atoms with van der Waals surface area (Å²) < 4.78 is 0. The predicted octanol–water partition coefficient (Wildman–Crippen LogP) is 1.67. The first-order valence-corrected chi connectivity index (χ1v) is 8.67. The summed E-state index contributed by atoms with van der Waals surface area (Å²) in [5, 5.41) is 0. The Morgan fingerprint density at radius 3 is 2.91 bits per heavy atom. The zero-order chi connectivity index (χ0) is 16.2. The molecule has 1 saturated heterocycles. The Morgan fingerprint density at radius 1 is 1.39 bits per heavy atom. The smallest absolute Gasteiger partial charge is 0.222 e. The number of carbonyl (C=O) groups excluding carboxylic acids is 1. The number of likely N-dealkylation sites (N-methyl/N-ethyl adjacent to an activating group) is 1. The minimum Gasteiger partial charge on any atom is -0.384 e. The molecule has 2 aliphatic rings. The van der Waals surface area contributed by atoms with Crippen LogP contribution in [0, 0.1) is 5.92 Å². The second-order valence-electron chi connectivity index (χ2n) is 6.95. The van der Waals surface area contributed by atoms with E-state index >= 15 is 0 Å². The largest absolute Gasteiger partial charge is 0.384 e. The zero-order valence-electron chi connectivity index (χ0n) is 13.9. The molecule has 2 fully saturated rings. The summed E-state index contributed by atoms with van der Waals surface area (Å²) >= 11 is 0. The van der Waals surface area contributed by atoms with Gasteiger partial charge in [0.05, 0.1) is 6.54 Å². The fraction of sp³-hybridized carbons (Fsp3) is 0.706. The van der Waals surface area contributed by atoms with Crippen LogP contribution in [0.2, 0.25) is 0 Å². The molecule has 1 atom stereocenters. The number of amides is 1. The van der Waals surface area contributed by atoms with Crippen molar-refractivity contribution in [2.45, 2.75) is 51.1 Å². The van der Waals surface area contributed by atoms with Gasteiger partial charge in [0.1, 0.15) is 11.6 Å². The third-order valence-corrected chi connectivity index (χ3v) is 5.20. The van der Waals surface area contributed by atoms with Crippen LogP contribution in [0.25, 0.3) is 0 Å². The highest BCUT2D eigenvalue weighted by atomic mass is 16.2. The molecular formula is C17H27N5O. The minimum absolute atomic E-state index is 0.341. The minimum atomic E-state index is 0.341. The Kier molecular flexibility index (Phi) is 5.10. The standard InChI is InChI=1S/C17H27N5O/c1-21(12-16-19-8-6-15(18)20-16)14-7-9-22(11-14)17(23)10-13-4-2-3-5-13/h6,8,13-14H,2-5,7,9-12H2,1H3,(H2,18,19,20). The molecular weight excluding hydrogens is 290 g/mol. The predicted molar refractivity (Wildman–Crippen MR) is 89.5 cm³/mol. The fourth-order valence-electron chi connectivity index (χ4n) is 3.76. The number of likely N-dealkylation sites (tertiary alicyclic amines) is 1. The maximum absolute atomic E-state index is 12.4. The van der Waals surface area contributed by atoms with Crippen molar-refractivity contribution >= 4 is 11.7 Å². The summed E-state index contributed by atoms with van der Waals surface area (Å²) in [5.74, 6) is 2.21. The monoisotopic (exact) mass is 317 g/mol. The van der Waals surface area contributed by atoms with Crippen LogP contribution in [-0.2, 0) is 11.3 Å². The van der Waals surface area contributed by atoms with Crippen LogP contribution in [0.4, 0.5) is 5.82 Å². The first-order valence-electron chi connectivity index (χ1n) is 8.67. The lowest BCUT2D eigenvalue weighted by atomic mass is 10.0. The van der Waals surface area contributed by atoms with Crippen molar-refractivity contribution in [3.63, 3.8) is 0 Å². The van der Waals surface area contributed by atoms with Gasteiger partial charge < -0.3 is 10.6 Å². The normalized spacial score (nSPS) is 22.2. The molecule has 3 rings (SSSR count). The Balaban J connectivity index is 1.49. The van der Waals surface area contributed by atoms with Crippen molar-refractivity contribution in [1.29, 1.82) is 0 Å². The fourth-order valence-corrected chi connectivity index (χ4v) is 3.76. The number of nitrogen functional groups attached to an aromatic ring is 1. The van der Waals surface area contributed by atoms with Crippen LogP contribution in [0.5, 0.6) is 0 Å². The van der Waals surface area contributed by atoms with E-state index in [1.807, 2.05) is 4.90 Å². The number of nitrogens with zero attached hydrogens (tertiary/aromatic N) is 4. The van der Waals surface area contributed by atoms with Gasteiger partial charge in [-0.1, -0.05) is 12.8 Å². The van der Waals surface area contributed by atoms with Gasteiger partial charge in [-0.25, -0.2) is 9.97 Å². The highest BCUT2D eigenvalue weighted by molar-refractivity contribution is 5.76. The summed E-state index contributed by atoms with van der Waals surface area (Å²) in [5.41, 5.74) is 5.70. The first-order chi connectivity index (χ1) is 11.1. The number of nitrogens with two attached hydrogens (primary N) is 1. The van der Waals surface area contributed by atoms with E-state index in [1.165, 1.54) is 25.7 Å². The van der Waals surface area contributed by atoms with Gasteiger partial charge in [0.25, 0.3) is 0 Å². The topological polar surface area (TPSA) is 75.4 Å². The van der Waals surface area contributed by atoms with Gasteiger partial charge >= 0.3 is 0 Å². The number of hydrogen-bond donors (Lipinski definition) is 1. The molecule has 6 heteroatoms. The summed E-state index contributed by atoms with van der Waals surface area (Å²) in [4.78, 5) is 25.2. The highest BCUT2D eigenvalue weighted by Gasteiger charge is 2.30. The SMILES string of the molecule is CN(Cc1nccc(N)n1)C1CCN(C(=O)CC2CCCC2)C1. The van der Waals surface area contributed by atoms with Gasteiger partial charge in [0.2, 0.25) is 5.91 Å². The number of rotatable bonds is 5. The summed E-state index contributed by atoms with van der Waals surface area (Å²) in [7, 11) is 2.07. The van der Waals surface area contributed by atoms with E-state index in [0.29, 0.717) is 30.2 Å². The Morgan fingerprint density at radius 2 is 2.17 bits per heavy atom. The van der Waals surface area contributed by atoms with E-state index in [9.17, 15) is 4.79 Å². The second-order valence-corrected chi connectivity index (χ2v) is 6.95. The van der Waals surface area contributed by atoms with Gasteiger partial charge in [-0.2, -0.15) is 0 Å². The average molecular weight is 317 g/mol. The number of carbonyl (C=O) groups is 1. The van der Waals surface area contributed by atoms with Gasteiger partial charge in [-0.3, -0.25) is 9.69 Å². The van der Waals surface area contributed by atoms with Crippen LogP contribution >= 0.6 is 0 Å². The van der Waals surface area contributed by atoms with Crippen molar-refractivity contribution in [3.8, 4) is 0 Å². The van der Waals surface area contributed by atoms with Crippen LogP contribution < -0.4 is 5.73 Å². The molecule has 1 aliphatic heterocycles. The van der Waals surface area contributed by atoms with Crippen LogP contribution in [-0.4, -0.2) is 51.9 Å². The molecule has 1 aliphatic carbocycles. The molecule has 1 aromatic rings. The van der Waals surface area contributed by atoms with Crippen molar-refractivity contribution < 1.29 is 4.79 Å². The van der Waals surface area contributed by atoms with E-state index in [-0.39, 0.29) is 0 Å². The number of hydrogen-bond acceptors (Lipinski definition) is 5. The quantitative estimate of drug-likeness (QED) is 0.894. The van der Waals surface area contributed by atoms with Crippen molar-refractivity contribution in [2.24, 2.45) is 5.92 Å². The van der Waals surface area contributed by atoms with Crippen molar-refractivity contribution in [3.05, 3.63) is 18.1 Å². The van der Waals surface area contributed by atoms with Gasteiger partial charge in [-0.05, 0) is 38.3 Å². The highest BCUT2D eigenvalue weighted by Crippen LogP contribution is 2.29. The molecule has 0 aromatic carbocycles. The second kappa shape index (κ2) is 7.25. The molecule has 2 heterocycles. The lowest BCUT2D eigenvalue weighted by molar-refractivity contribution is -0.131. The third kappa shape index (κ3) is 4.19. The van der Waals surface area contributed by atoms with Crippen molar-refractivity contribution in [2.75, 3.05) is 25.9 Å². The Labute approximate surface area is 138 Å². The molecule has 2 N–H and O–H groups in total.